The highest BCUT2D eigenvalue weighted by Gasteiger charge is 2.34. The van der Waals surface area contributed by atoms with Gasteiger partial charge in [-0.15, -0.1) is 0 Å². The molecule has 4 rings (SSSR count). The number of hydrogen-bond acceptors (Lipinski definition) is 4. The van der Waals surface area contributed by atoms with Crippen LogP contribution in [0.3, 0.4) is 0 Å². The van der Waals surface area contributed by atoms with Gasteiger partial charge in [-0.05, 0) is 68.2 Å². The van der Waals surface area contributed by atoms with Gasteiger partial charge >= 0.3 is 0 Å². The molecule has 5 nitrogen and oxygen atoms in total. The Morgan fingerprint density at radius 2 is 1.94 bits per heavy atom. The van der Waals surface area contributed by atoms with Crippen LogP contribution in [-0.4, -0.2) is 26.7 Å². The molecule has 1 N–H and O–H groups in total. The smallest absolute Gasteiger partial charge is 0.258 e. The Labute approximate surface area is 193 Å². The van der Waals surface area contributed by atoms with Crippen LogP contribution >= 0.6 is 12.2 Å². The number of thiocarbonyl (C=S) groups is 1. The summed E-state index contributed by atoms with van der Waals surface area (Å²) in [6.07, 6.45) is 2.08. The largest absolute Gasteiger partial charge is 0.351 e. The first kappa shape index (κ1) is 22.1. The molecule has 7 heteroatoms. The number of aryl methyl sites for hydroxylation is 2. The molecule has 32 heavy (non-hydrogen) atoms. The number of benzene rings is 2. The first-order valence-corrected chi connectivity index (χ1v) is 11.3. The Bertz CT molecular complexity index is 1190. The molecule has 0 aliphatic carbocycles. The van der Waals surface area contributed by atoms with Gasteiger partial charge in [0.15, 0.2) is 5.11 Å². The zero-order valence-corrected chi connectivity index (χ0v) is 19.6. The highest BCUT2D eigenvalue weighted by Crippen LogP contribution is 2.38. The lowest BCUT2D eigenvalue weighted by molar-refractivity contribution is 0.395. The van der Waals surface area contributed by atoms with Crippen molar-refractivity contribution in [1.29, 1.82) is 0 Å². The van der Waals surface area contributed by atoms with Crippen molar-refractivity contribution in [3.63, 3.8) is 0 Å². The number of rotatable bonds is 6. The fraction of sp³-hybridized carbons (Fsp3) is 0.320. The standard InChI is InChI=1S/C25H27FN4OS/c1-5-6-12-30-17(4)21(22(27-25(30)32)18-11-10-15(2)16(3)13-18)24-28-23(29-31-24)19-8-7-9-20(26)14-19/h7-11,13-14,22H,5-6,12H2,1-4H3,(H,27,32). The van der Waals surface area contributed by atoms with Gasteiger partial charge in [-0.2, -0.15) is 4.98 Å². The third-order valence-electron chi connectivity index (χ3n) is 5.94. The fourth-order valence-corrected chi connectivity index (χ4v) is 4.26. The Kier molecular flexibility index (Phi) is 6.37. The van der Waals surface area contributed by atoms with E-state index < -0.39 is 0 Å². The van der Waals surface area contributed by atoms with Crippen LogP contribution in [0, 0.1) is 19.7 Å². The minimum atomic E-state index is -0.340. The highest BCUT2D eigenvalue weighted by molar-refractivity contribution is 7.80. The van der Waals surface area contributed by atoms with E-state index >= 15 is 0 Å². The van der Waals surface area contributed by atoms with Crippen molar-refractivity contribution >= 4 is 22.9 Å². The average molecular weight is 451 g/mol. The van der Waals surface area contributed by atoms with Gasteiger partial charge in [0, 0.05) is 17.8 Å². The van der Waals surface area contributed by atoms with Crippen LogP contribution in [0.4, 0.5) is 4.39 Å². The molecular formula is C25H27FN4OS. The fourth-order valence-electron chi connectivity index (χ4n) is 3.92. The van der Waals surface area contributed by atoms with Crippen molar-refractivity contribution in [2.75, 3.05) is 6.54 Å². The van der Waals surface area contributed by atoms with Crippen LogP contribution in [0.2, 0.25) is 0 Å². The summed E-state index contributed by atoms with van der Waals surface area (Å²) in [5, 5.41) is 8.31. The molecule has 1 atom stereocenters. The average Bonchev–Trinajstić information content (AvgIpc) is 3.25. The summed E-state index contributed by atoms with van der Waals surface area (Å²) in [6, 6.07) is 12.3. The summed E-state index contributed by atoms with van der Waals surface area (Å²) in [4.78, 5) is 6.73. The molecule has 1 unspecified atom stereocenters. The van der Waals surface area contributed by atoms with E-state index in [2.05, 4.69) is 59.3 Å². The molecule has 166 valence electrons. The van der Waals surface area contributed by atoms with Gasteiger partial charge in [-0.3, -0.25) is 0 Å². The summed E-state index contributed by atoms with van der Waals surface area (Å²) >= 11 is 5.72. The second-order valence-electron chi connectivity index (χ2n) is 8.16. The van der Waals surface area contributed by atoms with E-state index in [1.807, 2.05) is 6.92 Å². The van der Waals surface area contributed by atoms with Crippen molar-refractivity contribution in [2.45, 2.75) is 46.6 Å². The van der Waals surface area contributed by atoms with E-state index in [0.717, 1.165) is 36.2 Å². The Balaban J connectivity index is 1.82. The van der Waals surface area contributed by atoms with Gasteiger partial charge in [-0.25, -0.2) is 4.39 Å². The zero-order valence-electron chi connectivity index (χ0n) is 18.8. The minimum Gasteiger partial charge on any atom is -0.351 e. The third-order valence-corrected chi connectivity index (χ3v) is 6.27. The number of hydrogen-bond donors (Lipinski definition) is 1. The van der Waals surface area contributed by atoms with E-state index in [9.17, 15) is 4.39 Å². The molecule has 2 heterocycles. The Morgan fingerprint density at radius 1 is 1.12 bits per heavy atom. The van der Waals surface area contributed by atoms with Gasteiger partial charge in [0.1, 0.15) is 5.82 Å². The number of allylic oxidation sites excluding steroid dienone is 1. The van der Waals surface area contributed by atoms with Gasteiger partial charge in [-0.1, -0.05) is 48.8 Å². The molecular weight excluding hydrogens is 423 g/mol. The number of nitrogens with one attached hydrogen (secondary N) is 1. The highest BCUT2D eigenvalue weighted by atomic mass is 32.1. The number of aromatic nitrogens is 2. The van der Waals surface area contributed by atoms with E-state index in [1.165, 1.54) is 23.3 Å². The van der Waals surface area contributed by atoms with Gasteiger partial charge < -0.3 is 14.7 Å². The Morgan fingerprint density at radius 3 is 2.66 bits per heavy atom. The molecule has 0 bridgehead atoms. The van der Waals surface area contributed by atoms with E-state index in [-0.39, 0.29) is 11.9 Å². The monoisotopic (exact) mass is 450 g/mol. The summed E-state index contributed by atoms with van der Waals surface area (Å²) in [6.45, 7) is 9.19. The first-order chi connectivity index (χ1) is 15.4. The van der Waals surface area contributed by atoms with Crippen LogP contribution in [0.15, 0.2) is 52.7 Å². The lowest BCUT2D eigenvalue weighted by atomic mass is 9.92. The van der Waals surface area contributed by atoms with Crippen molar-refractivity contribution in [3.05, 3.63) is 76.6 Å². The zero-order chi connectivity index (χ0) is 22.8. The molecule has 3 aromatic rings. The lowest BCUT2D eigenvalue weighted by Crippen LogP contribution is -2.46. The number of unbranched alkanes of at least 4 members (excludes halogenated alkanes) is 1. The summed E-state index contributed by atoms with van der Waals surface area (Å²) in [5.41, 5.74) is 5.94. The molecule has 1 aliphatic heterocycles. The van der Waals surface area contributed by atoms with E-state index in [0.29, 0.717) is 22.4 Å². The summed E-state index contributed by atoms with van der Waals surface area (Å²) < 4.78 is 19.4. The first-order valence-electron chi connectivity index (χ1n) is 10.8. The quantitative estimate of drug-likeness (QED) is 0.468. The summed E-state index contributed by atoms with van der Waals surface area (Å²) in [7, 11) is 0. The molecule has 0 spiro atoms. The predicted octanol–water partition coefficient (Wildman–Crippen LogP) is 5.96. The number of halogens is 1. The number of nitrogens with zero attached hydrogens (tertiary/aromatic N) is 3. The maximum Gasteiger partial charge on any atom is 0.258 e. The maximum atomic E-state index is 13.7. The second-order valence-corrected chi connectivity index (χ2v) is 8.55. The SMILES string of the molecule is CCCCN1C(=S)NC(c2ccc(C)c(C)c2)C(c2nc(-c3cccc(F)c3)no2)=C1C. The van der Waals surface area contributed by atoms with E-state index in [4.69, 9.17) is 16.7 Å². The second kappa shape index (κ2) is 9.20. The molecule has 2 aromatic carbocycles. The van der Waals surface area contributed by atoms with Crippen LogP contribution in [0.5, 0.6) is 0 Å². The van der Waals surface area contributed by atoms with Crippen LogP contribution < -0.4 is 5.32 Å². The molecule has 0 saturated heterocycles. The van der Waals surface area contributed by atoms with Crippen molar-refractivity contribution < 1.29 is 8.91 Å². The summed E-state index contributed by atoms with van der Waals surface area (Å²) in [5.74, 6) is 0.418. The lowest BCUT2D eigenvalue weighted by Gasteiger charge is -2.37. The van der Waals surface area contributed by atoms with Crippen LogP contribution in [0.1, 0.15) is 55.3 Å². The van der Waals surface area contributed by atoms with Crippen molar-refractivity contribution in [2.24, 2.45) is 0 Å². The molecule has 0 fully saturated rings. The van der Waals surface area contributed by atoms with Gasteiger partial charge in [0.05, 0.1) is 11.6 Å². The molecule has 0 saturated carbocycles. The Hall–Kier alpha value is -3.06. The van der Waals surface area contributed by atoms with Crippen molar-refractivity contribution in [1.82, 2.24) is 20.4 Å². The van der Waals surface area contributed by atoms with Gasteiger partial charge in [0.2, 0.25) is 5.82 Å². The molecule has 1 aliphatic rings. The molecule has 0 amide bonds. The minimum absolute atomic E-state index is 0.222. The van der Waals surface area contributed by atoms with Gasteiger partial charge in [0.25, 0.3) is 5.89 Å². The predicted molar refractivity (Wildman–Crippen MR) is 128 cm³/mol. The van der Waals surface area contributed by atoms with Crippen LogP contribution in [-0.2, 0) is 0 Å². The van der Waals surface area contributed by atoms with Crippen LogP contribution in [0.25, 0.3) is 17.0 Å². The normalized spacial score (nSPS) is 16.5. The molecule has 0 radical (unpaired) electrons. The maximum absolute atomic E-state index is 13.7. The third kappa shape index (κ3) is 4.30. The topological polar surface area (TPSA) is 54.2 Å². The van der Waals surface area contributed by atoms with E-state index in [1.54, 1.807) is 12.1 Å². The molecule has 1 aromatic heterocycles. The van der Waals surface area contributed by atoms with Crippen molar-refractivity contribution in [3.8, 4) is 11.4 Å².